The number of halogens is 3. The smallest absolute Gasteiger partial charge is 0.416 e. The van der Waals surface area contributed by atoms with E-state index in [0.29, 0.717) is 16.9 Å². The Bertz CT molecular complexity index is 688. The summed E-state index contributed by atoms with van der Waals surface area (Å²) in [4.78, 5) is 9.84. The molecule has 0 aliphatic carbocycles. The first-order valence-corrected chi connectivity index (χ1v) is 5.51. The molecule has 0 bridgehead atoms. The second kappa shape index (κ2) is 5.27. The van der Waals surface area contributed by atoms with Crippen molar-refractivity contribution in [3.8, 4) is 11.6 Å². The minimum Gasteiger partial charge on any atom is -0.616 e. The van der Waals surface area contributed by atoms with Gasteiger partial charge in [0.05, 0.1) is 16.6 Å². The number of hydrogen-bond acceptors (Lipinski definition) is 4. The highest BCUT2D eigenvalue weighted by atomic mass is 19.4. The van der Waals surface area contributed by atoms with Crippen molar-refractivity contribution in [1.29, 1.82) is 0 Å². The molecule has 6 nitrogen and oxygen atoms in total. The third-order valence-corrected chi connectivity index (χ3v) is 2.49. The zero-order chi connectivity index (χ0) is 15.6. The van der Waals surface area contributed by atoms with Crippen molar-refractivity contribution in [1.82, 2.24) is 0 Å². The molecule has 9 heteroatoms. The number of pyridine rings is 1. The summed E-state index contributed by atoms with van der Waals surface area (Å²) in [6.45, 7) is 0. The maximum atomic E-state index is 12.5. The first-order valence-electron chi connectivity index (χ1n) is 5.51. The van der Waals surface area contributed by atoms with Crippen LogP contribution in [-0.4, -0.2) is 4.92 Å². The van der Waals surface area contributed by atoms with Crippen molar-refractivity contribution in [2.24, 2.45) is 0 Å². The first kappa shape index (κ1) is 14.6. The fourth-order valence-electron chi connectivity index (χ4n) is 1.53. The Kier molecular flexibility index (Phi) is 3.66. The van der Waals surface area contributed by atoms with Gasteiger partial charge in [0.25, 0.3) is 0 Å². The van der Waals surface area contributed by atoms with E-state index < -0.39 is 28.1 Å². The van der Waals surface area contributed by atoms with Crippen LogP contribution < -0.4 is 9.47 Å². The summed E-state index contributed by atoms with van der Waals surface area (Å²) in [6.07, 6.45) is -3.63. The predicted molar refractivity (Wildman–Crippen MR) is 63.6 cm³/mol. The van der Waals surface area contributed by atoms with E-state index in [1.54, 1.807) is 0 Å². The Hall–Kier alpha value is -2.84. The molecule has 0 aliphatic rings. The van der Waals surface area contributed by atoms with Crippen LogP contribution in [0.5, 0.6) is 11.6 Å². The lowest BCUT2D eigenvalue weighted by atomic mass is 10.2. The molecule has 0 unspecified atom stereocenters. The van der Waals surface area contributed by atoms with Gasteiger partial charge < -0.3 is 9.94 Å². The molecule has 0 saturated heterocycles. The summed E-state index contributed by atoms with van der Waals surface area (Å²) < 4.78 is 42.9. The van der Waals surface area contributed by atoms with Gasteiger partial charge in [0.1, 0.15) is 0 Å². The van der Waals surface area contributed by atoms with E-state index in [9.17, 15) is 28.5 Å². The number of nitrogens with zero attached hydrogens (tertiary/aromatic N) is 2. The van der Waals surface area contributed by atoms with Crippen molar-refractivity contribution >= 4 is 5.69 Å². The predicted octanol–water partition coefficient (Wildman–Crippen LogP) is 3.04. The SMILES string of the molecule is O=[N+]([O-])c1cc(C(F)(F)F)ccc1Oc1cccc[n+]1[O-]. The van der Waals surface area contributed by atoms with Crippen molar-refractivity contribution in [3.63, 3.8) is 0 Å². The maximum absolute atomic E-state index is 12.5. The number of rotatable bonds is 3. The Balaban J connectivity index is 2.45. The normalized spacial score (nSPS) is 11.2. The van der Waals surface area contributed by atoms with Gasteiger partial charge in [0.15, 0.2) is 6.20 Å². The molecule has 2 aromatic rings. The van der Waals surface area contributed by atoms with Crippen LogP contribution in [-0.2, 0) is 6.18 Å². The third-order valence-electron chi connectivity index (χ3n) is 2.49. The Labute approximate surface area is 115 Å². The van der Waals surface area contributed by atoms with Crippen molar-refractivity contribution in [3.05, 3.63) is 63.5 Å². The Morgan fingerprint density at radius 2 is 1.90 bits per heavy atom. The van der Waals surface area contributed by atoms with Gasteiger partial charge in [-0.05, 0) is 18.2 Å². The van der Waals surface area contributed by atoms with E-state index in [2.05, 4.69) is 0 Å². The Morgan fingerprint density at radius 3 is 2.48 bits per heavy atom. The van der Waals surface area contributed by atoms with E-state index in [1.165, 1.54) is 18.2 Å². The average Bonchev–Trinajstić information content (AvgIpc) is 2.40. The van der Waals surface area contributed by atoms with Crippen molar-refractivity contribution in [2.75, 3.05) is 0 Å². The minimum absolute atomic E-state index is 0.291. The monoisotopic (exact) mass is 300 g/mol. The number of aromatic nitrogens is 1. The maximum Gasteiger partial charge on any atom is 0.416 e. The molecule has 0 aliphatic heterocycles. The van der Waals surface area contributed by atoms with Gasteiger partial charge in [0.2, 0.25) is 5.75 Å². The van der Waals surface area contributed by atoms with E-state index in [1.807, 2.05) is 0 Å². The van der Waals surface area contributed by atoms with Crippen LogP contribution in [0.4, 0.5) is 18.9 Å². The molecule has 0 amide bonds. The van der Waals surface area contributed by atoms with Gasteiger partial charge in [-0.15, -0.1) is 4.73 Å². The molecule has 0 saturated carbocycles. The molecule has 0 fully saturated rings. The molecular weight excluding hydrogens is 293 g/mol. The summed E-state index contributed by atoms with van der Waals surface area (Å²) in [5.74, 6) is -0.746. The highest BCUT2D eigenvalue weighted by Crippen LogP contribution is 2.37. The van der Waals surface area contributed by atoms with Crippen LogP contribution in [0.3, 0.4) is 0 Å². The topological polar surface area (TPSA) is 79.3 Å². The fourth-order valence-corrected chi connectivity index (χ4v) is 1.53. The number of ether oxygens (including phenoxy) is 1. The van der Waals surface area contributed by atoms with Gasteiger partial charge in [0, 0.05) is 12.1 Å². The standard InChI is InChI=1S/C12H7F3N2O4/c13-12(14,15)8-4-5-10(9(7-8)17(19)20)21-11-3-1-2-6-16(11)18/h1-7H. The Morgan fingerprint density at radius 1 is 1.19 bits per heavy atom. The number of hydrogen-bond donors (Lipinski definition) is 0. The van der Waals surface area contributed by atoms with Crippen LogP contribution in [0.1, 0.15) is 5.56 Å². The number of alkyl halides is 3. The lowest BCUT2D eigenvalue weighted by Crippen LogP contribution is -2.26. The summed E-state index contributed by atoms with van der Waals surface area (Å²) in [7, 11) is 0. The highest BCUT2D eigenvalue weighted by molar-refractivity contribution is 5.50. The summed E-state index contributed by atoms with van der Waals surface area (Å²) in [6, 6.07) is 5.87. The van der Waals surface area contributed by atoms with E-state index in [0.717, 1.165) is 12.3 Å². The van der Waals surface area contributed by atoms with Gasteiger partial charge in [-0.3, -0.25) is 10.1 Å². The third kappa shape index (κ3) is 3.19. The number of nitro benzene ring substituents is 1. The van der Waals surface area contributed by atoms with Crippen molar-refractivity contribution in [2.45, 2.75) is 6.18 Å². The molecule has 1 aromatic carbocycles. The lowest BCUT2D eigenvalue weighted by molar-refractivity contribution is -0.611. The first-order chi connectivity index (χ1) is 9.79. The molecule has 1 heterocycles. The zero-order valence-electron chi connectivity index (χ0n) is 10.2. The second-order valence-corrected chi connectivity index (χ2v) is 3.90. The summed E-state index contributed by atoms with van der Waals surface area (Å²) in [5.41, 5.74) is -2.06. The fraction of sp³-hybridized carbons (Fsp3) is 0.0833. The van der Waals surface area contributed by atoms with Crippen LogP contribution in [0.15, 0.2) is 42.6 Å². The van der Waals surface area contributed by atoms with Crippen LogP contribution >= 0.6 is 0 Å². The van der Waals surface area contributed by atoms with Gasteiger partial charge in [-0.2, -0.15) is 13.2 Å². The van der Waals surface area contributed by atoms with Gasteiger partial charge in [-0.1, -0.05) is 0 Å². The highest BCUT2D eigenvalue weighted by Gasteiger charge is 2.33. The number of benzene rings is 1. The van der Waals surface area contributed by atoms with Crippen molar-refractivity contribution < 1.29 is 27.6 Å². The van der Waals surface area contributed by atoms with E-state index in [-0.39, 0.29) is 5.88 Å². The molecule has 0 N–H and O–H groups in total. The quantitative estimate of drug-likeness (QED) is 0.378. The molecule has 1 aromatic heterocycles. The van der Waals surface area contributed by atoms with Gasteiger partial charge >= 0.3 is 17.7 Å². The largest absolute Gasteiger partial charge is 0.616 e. The summed E-state index contributed by atoms with van der Waals surface area (Å²) >= 11 is 0. The lowest BCUT2D eigenvalue weighted by Gasteiger charge is -2.09. The zero-order valence-corrected chi connectivity index (χ0v) is 10.2. The molecule has 0 radical (unpaired) electrons. The molecular formula is C12H7F3N2O4. The van der Waals surface area contributed by atoms with Crippen LogP contribution in [0.2, 0.25) is 0 Å². The number of nitro groups is 1. The summed E-state index contributed by atoms with van der Waals surface area (Å²) in [5, 5.41) is 22.2. The van der Waals surface area contributed by atoms with E-state index in [4.69, 9.17) is 4.74 Å². The van der Waals surface area contributed by atoms with Crippen LogP contribution in [0, 0.1) is 15.3 Å². The molecule has 0 atom stereocenters. The second-order valence-electron chi connectivity index (χ2n) is 3.90. The van der Waals surface area contributed by atoms with Crippen LogP contribution in [0.25, 0.3) is 0 Å². The van der Waals surface area contributed by atoms with Gasteiger partial charge in [-0.25, -0.2) is 0 Å². The molecule has 0 spiro atoms. The molecule has 2 rings (SSSR count). The average molecular weight is 300 g/mol. The van der Waals surface area contributed by atoms with E-state index >= 15 is 0 Å². The minimum atomic E-state index is -4.71. The molecule has 21 heavy (non-hydrogen) atoms. The molecule has 110 valence electrons.